The minimum Gasteiger partial charge on any atom is -0.326 e. The van der Waals surface area contributed by atoms with Crippen LogP contribution in [0.15, 0.2) is 47.4 Å². The van der Waals surface area contributed by atoms with Crippen LogP contribution < -0.4 is 10.2 Å². The first-order chi connectivity index (χ1) is 15.6. The Balaban J connectivity index is 1.40. The number of halogens is 2. The van der Waals surface area contributed by atoms with Gasteiger partial charge in [0, 0.05) is 37.4 Å². The fourth-order valence-electron chi connectivity index (χ4n) is 4.11. The third-order valence-electron chi connectivity index (χ3n) is 6.21. The lowest BCUT2D eigenvalue weighted by molar-refractivity contribution is -0.122. The fraction of sp³-hybridized carbons (Fsp3) is 0.391. The molecule has 1 N–H and O–H groups in total. The third-order valence-corrected chi connectivity index (χ3v) is 8.42. The number of benzene rings is 2. The van der Waals surface area contributed by atoms with Gasteiger partial charge in [-0.1, -0.05) is 18.5 Å². The SMILES string of the molecule is CC1CCN(S(=O)(=O)c2ccc(NC(=O)C3CC(=O)N(c4ccc(F)c(Cl)c4)C3)cc2)CC1. The van der Waals surface area contributed by atoms with E-state index >= 15 is 0 Å². The summed E-state index contributed by atoms with van der Waals surface area (Å²) in [6.45, 7) is 3.28. The molecule has 176 valence electrons. The van der Waals surface area contributed by atoms with Crippen molar-refractivity contribution in [1.29, 1.82) is 0 Å². The van der Waals surface area contributed by atoms with Crippen LogP contribution in [0.3, 0.4) is 0 Å². The zero-order chi connectivity index (χ0) is 23.8. The van der Waals surface area contributed by atoms with Gasteiger partial charge in [0.2, 0.25) is 21.8 Å². The molecule has 2 heterocycles. The van der Waals surface area contributed by atoms with Crippen LogP contribution in [-0.2, 0) is 19.6 Å². The van der Waals surface area contributed by atoms with Crippen LogP contribution in [0.4, 0.5) is 15.8 Å². The molecule has 2 fully saturated rings. The molecular weight excluding hydrogens is 469 g/mol. The molecule has 7 nitrogen and oxygen atoms in total. The molecule has 0 radical (unpaired) electrons. The van der Waals surface area contributed by atoms with Gasteiger partial charge in [0.1, 0.15) is 5.82 Å². The van der Waals surface area contributed by atoms with E-state index in [0.29, 0.717) is 30.4 Å². The second-order valence-corrected chi connectivity index (χ2v) is 10.9. The highest BCUT2D eigenvalue weighted by Crippen LogP contribution is 2.29. The maximum atomic E-state index is 13.4. The van der Waals surface area contributed by atoms with Crippen molar-refractivity contribution < 1.29 is 22.4 Å². The molecule has 2 aliphatic rings. The molecular formula is C23H25ClFN3O4S. The number of amides is 2. The number of anilines is 2. The summed E-state index contributed by atoms with van der Waals surface area (Å²) < 4.78 is 40.6. The minimum absolute atomic E-state index is 0.0146. The number of hydrogen-bond donors (Lipinski definition) is 1. The van der Waals surface area contributed by atoms with Crippen molar-refractivity contribution in [2.45, 2.75) is 31.1 Å². The zero-order valence-electron chi connectivity index (χ0n) is 18.1. The summed E-state index contributed by atoms with van der Waals surface area (Å²) in [5, 5.41) is 2.65. The first-order valence-corrected chi connectivity index (χ1v) is 12.6. The molecule has 0 aliphatic carbocycles. The third kappa shape index (κ3) is 5.05. The summed E-state index contributed by atoms with van der Waals surface area (Å²) in [6, 6.07) is 10.0. The molecule has 0 bridgehead atoms. The van der Waals surface area contributed by atoms with Gasteiger partial charge in [-0.2, -0.15) is 4.31 Å². The molecule has 33 heavy (non-hydrogen) atoms. The van der Waals surface area contributed by atoms with Crippen LogP contribution in [0, 0.1) is 17.7 Å². The first-order valence-electron chi connectivity index (χ1n) is 10.8. The van der Waals surface area contributed by atoms with E-state index in [1.165, 1.54) is 39.5 Å². The molecule has 0 spiro atoms. The average Bonchev–Trinajstić information content (AvgIpc) is 3.18. The molecule has 2 saturated heterocycles. The molecule has 1 unspecified atom stereocenters. The maximum Gasteiger partial charge on any atom is 0.243 e. The van der Waals surface area contributed by atoms with Crippen molar-refractivity contribution in [1.82, 2.24) is 4.31 Å². The van der Waals surface area contributed by atoms with Gasteiger partial charge < -0.3 is 10.2 Å². The van der Waals surface area contributed by atoms with E-state index in [9.17, 15) is 22.4 Å². The predicted octanol–water partition coefficient (Wildman–Crippen LogP) is 3.89. The quantitative estimate of drug-likeness (QED) is 0.684. The topological polar surface area (TPSA) is 86.8 Å². The number of nitrogens with one attached hydrogen (secondary N) is 1. The molecule has 10 heteroatoms. The zero-order valence-corrected chi connectivity index (χ0v) is 19.7. The first kappa shape index (κ1) is 23.7. The van der Waals surface area contributed by atoms with Crippen LogP contribution in [0.2, 0.25) is 5.02 Å². The van der Waals surface area contributed by atoms with E-state index in [1.54, 1.807) is 12.1 Å². The van der Waals surface area contributed by atoms with Crippen LogP contribution >= 0.6 is 11.6 Å². The highest BCUT2D eigenvalue weighted by Gasteiger charge is 2.35. The van der Waals surface area contributed by atoms with Crippen LogP contribution in [-0.4, -0.2) is 44.2 Å². The van der Waals surface area contributed by atoms with Crippen molar-refractivity contribution in [3.63, 3.8) is 0 Å². The van der Waals surface area contributed by atoms with Crippen molar-refractivity contribution >= 4 is 44.8 Å². The second-order valence-electron chi connectivity index (χ2n) is 8.60. The van der Waals surface area contributed by atoms with Gasteiger partial charge in [0.05, 0.1) is 15.8 Å². The van der Waals surface area contributed by atoms with Crippen molar-refractivity contribution in [2.24, 2.45) is 11.8 Å². The smallest absolute Gasteiger partial charge is 0.243 e. The van der Waals surface area contributed by atoms with Gasteiger partial charge in [0.15, 0.2) is 0 Å². The predicted molar refractivity (Wildman–Crippen MR) is 124 cm³/mol. The molecule has 2 amide bonds. The number of piperidine rings is 1. The van der Waals surface area contributed by atoms with Crippen LogP contribution in [0.5, 0.6) is 0 Å². The molecule has 2 aromatic carbocycles. The summed E-state index contributed by atoms with van der Waals surface area (Å²) in [4.78, 5) is 26.7. The Morgan fingerprint density at radius 2 is 1.79 bits per heavy atom. The van der Waals surface area contributed by atoms with Crippen LogP contribution in [0.1, 0.15) is 26.2 Å². The number of rotatable bonds is 5. The Morgan fingerprint density at radius 3 is 2.42 bits per heavy atom. The van der Waals surface area contributed by atoms with E-state index in [4.69, 9.17) is 11.6 Å². The van der Waals surface area contributed by atoms with Gasteiger partial charge >= 0.3 is 0 Å². The Kier molecular flexibility index (Phi) is 6.74. The summed E-state index contributed by atoms with van der Waals surface area (Å²) in [5.74, 6) is -1.26. The average molecular weight is 494 g/mol. The lowest BCUT2D eigenvalue weighted by Crippen LogP contribution is -2.37. The molecule has 2 aromatic rings. The fourth-order valence-corrected chi connectivity index (χ4v) is 5.76. The second kappa shape index (κ2) is 9.40. The largest absolute Gasteiger partial charge is 0.326 e. The minimum atomic E-state index is -3.57. The lowest BCUT2D eigenvalue weighted by atomic mass is 10.0. The molecule has 1 atom stereocenters. The number of nitrogens with zero attached hydrogens (tertiary/aromatic N) is 2. The highest BCUT2D eigenvalue weighted by atomic mass is 35.5. The Bertz CT molecular complexity index is 1160. The van der Waals surface area contributed by atoms with E-state index in [1.807, 2.05) is 0 Å². The standard InChI is InChI=1S/C23H25ClFN3O4S/c1-15-8-10-27(11-9-15)33(31,32)19-5-2-17(3-6-19)26-23(30)16-12-22(29)28(14-16)18-4-7-21(25)20(24)13-18/h2-7,13,15-16H,8-12,14H2,1H3,(H,26,30). The van der Waals surface area contributed by atoms with Gasteiger partial charge in [0.25, 0.3) is 0 Å². The van der Waals surface area contributed by atoms with Gasteiger partial charge in [-0.25, -0.2) is 12.8 Å². The normalized spacial score (nSPS) is 20.3. The van der Waals surface area contributed by atoms with E-state index in [0.717, 1.165) is 12.8 Å². The number of sulfonamides is 1. The van der Waals surface area contributed by atoms with Crippen molar-refractivity contribution in [2.75, 3.05) is 29.9 Å². The molecule has 0 saturated carbocycles. The monoisotopic (exact) mass is 493 g/mol. The summed E-state index contributed by atoms with van der Waals surface area (Å²) in [6.07, 6.45) is 1.70. The highest BCUT2D eigenvalue weighted by molar-refractivity contribution is 7.89. The Labute approximate surface area is 197 Å². The molecule has 2 aliphatic heterocycles. The maximum absolute atomic E-state index is 13.4. The van der Waals surface area contributed by atoms with Gasteiger partial charge in [-0.05, 0) is 61.2 Å². The molecule has 0 aromatic heterocycles. The summed E-state index contributed by atoms with van der Waals surface area (Å²) in [5.41, 5.74) is 0.880. The molecule has 4 rings (SSSR count). The van der Waals surface area contributed by atoms with Crippen LogP contribution in [0.25, 0.3) is 0 Å². The summed E-state index contributed by atoms with van der Waals surface area (Å²) in [7, 11) is -3.57. The number of hydrogen-bond acceptors (Lipinski definition) is 4. The van der Waals surface area contributed by atoms with Crippen molar-refractivity contribution in [3.8, 4) is 0 Å². The summed E-state index contributed by atoms with van der Waals surface area (Å²) >= 11 is 5.81. The van der Waals surface area contributed by atoms with E-state index in [-0.39, 0.29) is 34.7 Å². The van der Waals surface area contributed by atoms with Gasteiger partial charge in [-0.15, -0.1) is 0 Å². The van der Waals surface area contributed by atoms with E-state index < -0.39 is 21.8 Å². The van der Waals surface area contributed by atoms with Crippen molar-refractivity contribution in [3.05, 3.63) is 53.3 Å². The Hall–Kier alpha value is -2.49. The Morgan fingerprint density at radius 1 is 1.12 bits per heavy atom. The van der Waals surface area contributed by atoms with Gasteiger partial charge in [-0.3, -0.25) is 9.59 Å². The lowest BCUT2D eigenvalue weighted by Gasteiger charge is -2.29. The number of carbonyl (C=O) groups excluding carboxylic acids is 2. The number of carbonyl (C=O) groups is 2. The van der Waals surface area contributed by atoms with E-state index in [2.05, 4.69) is 12.2 Å².